The number of piperazine rings is 1. The van der Waals surface area contributed by atoms with Crippen LogP contribution in [0.1, 0.15) is 60.3 Å². The number of fused-ring (bicyclic) bond motifs is 1. The van der Waals surface area contributed by atoms with Crippen LogP contribution in [-0.4, -0.2) is 60.2 Å². The highest BCUT2D eigenvalue weighted by Crippen LogP contribution is 2.40. The van der Waals surface area contributed by atoms with Gasteiger partial charge < -0.3 is 20.1 Å². The molecule has 1 saturated heterocycles. The van der Waals surface area contributed by atoms with Gasteiger partial charge in [0.2, 0.25) is 0 Å². The molecule has 0 unspecified atom stereocenters. The third kappa shape index (κ3) is 4.82. The number of rotatable bonds is 8. The minimum atomic E-state index is -0.0369. The predicted molar refractivity (Wildman–Crippen MR) is 111 cm³/mol. The molecule has 8 heteroatoms. The number of halogens is 1. The Bertz CT molecular complexity index is 799. The second kappa shape index (κ2) is 9.67. The number of nitrogens with one attached hydrogen (secondary N) is 2. The fourth-order valence-electron chi connectivity index (χ4n) is 3.74. The summed E-state index contributed by atoms with van der Waals surface area (Å²) in [6.45, 7) is 8.09. The number of pyridine rings is 1. The molecule has 1 amide bonds. The maximum absolute atomic E-state index is 12.9. The molecule has 0 spiro atoms. The van der Waals surface area contributed by atoms with Gasteiger partial charge in [0.25, 0.3) is 11.6 Å². The Kier molecular flexibility index (Phi) is 7.26. The van der Waals surface area contributed by atoms with Crippen LogP contribution in [0.2, 0.25) is 0 Å². The van der Waals surface area contributed by atoms with E-state index in [0.717, 1.165) is 81.6 Å². The SMILES string of the molecule is CCCc1noc2nc(C3CC3)cc(C(=O)NCCCN3CCNCC3)c12.Cl. The van der Waals surface area contributed by atoms with Crippen LogP contribution in [0.15, 0.2) is 10.6 Å². The van der Waals surface area contributed by atoms with E-state index >= 15 is 0 Å². The second-order valence-corrected chi connectivity index (χ2v) is 7.63. The largest absolute Gasteiger partial charge is 0.352 e. The second-order valence-electron chi connectivity index (χ2n) is 7.63. The summed E-state index contributed by atoms with van der Waals surface area (Å²) >= 11 is 0. The molecule has 2 fully saturated rings. The lowest BCUT2D eigenvalue weighted by Crippen LogP contribution is -2.44. The Balaban J connectivity index is 0.00000225. The van der Waals surface area contributed by atoms with E-state index in [1.807, 2.05) is 6.07 Å². The zero-order valence-electron chi connectivity index (χ0n) is 16.5. The van der Waals surface area contributed by atoms with Gasteiger partial charge in [-0.1, -0.05) is 18.5 Å². The topological polar surface area (TPSA) is 83.3 Å². The molecule has 2 N–H and O–H groups in total. The van der Waals surface area contributed by atoms with Crippen molar-refractivity contribution in [1.29, 1.82) is 0 Å². The number of hydrogen-bond donors (Lipinski definition) is 2. The lowest BCUT2D eigenvalue weighted by atomic mass is 10.0. The standard InChI is InChI=1S/C20H29N5O2.ClH/c1-2-4-16-18-15(13-17(14-5-6-14)23-20(18)27-24-16)19(26)22-7-3-10-25-11-8-21-9-12-25;/h13-14,21H,2-12H2,1H3,(H,22,26);1H. The molecule has 1 aliphatic carbocycles. The fraction of sp³-hybridized carbons (Fsp3) is 0.650. The van der Waals surface area contributed by atoms with Gasteiger partial charge in [0.05, 0.1) is 16.6 Å². The Labute approximate surface area is 172 Å². The van der Waals surface area contributed by atoms with Gasteiger partial charge in [-0.25, -0.2) is 4.98 Å². The van der Waals surface area contributed by atoms with Crippen molar-refractivity contribution in [2.24, 2.45) is 0 Å². The van der Waals surface area contributed by atoms with Crippen LogP contribution in [-0.2, 0) is 6.42 Å². The van der Waals surface area contributed by atoms with Crippen molar-refractivity contribution in [3.8, 4) is 0 Å². The Morgan fingerprint density at radius 3 is 2.86 bits per heavy atom. The van der Waals surface area contributed by atoms with Crippen LogP contribution in [0.3, 0.4) is 0 Å². The summed E-state index contributed by atoms with van der Waals surface area (Å²) in [7, 11) is 0. The molecule has 3 heterocycles. The molecule has 2 aliphatic rings. The Morgan fingerprint density at radius 2 is 2.14 bits per heavy atom. The normalized spacial score (nSPS) is 17.5. The third-order valence-corrected chi connectivity index (χ3v) is 5.41. The number of nitrogens with zero attached hydrogens (tertiary/aromatic N) is 3. The average molecular weight is 408 g/mol. The van der Waals surface area contributed by atoms with Gasteiger partial charge in [0, 0.05) is 44.3 Å². The molecule has 2 aromatic rings. The maximum atomic E-state index is 12.9. The molecule has 0 bridgehead atoms. The highest BCUT2D eigenvalue weighted by atomic mass is 35.5. The number of aromatic nitrogens is 2. The van der Waals surface area contributed by atoms with Crippen molar-refractivity contribution < 1.29 is 9.32 Å². The first-order chi connectivity index (χ1) is 13.3. The molecule has 0 atom stereocenters. The van der Waals surface area contributed by atoms with Crippen molar-refractivity contribution in [3.63, 3.8) is 0 Å². The van der Waals surface area contributed by atoms with E-state index in [1.54, 1.807) is 0 Å². The molecule has 1 aliphatic heterocycles. The first-order valence-corrected chi connectivity index (χ1v) is 10.3. The van der Waals surface area contributed by atoms with Crippen molar-refractivity contribution in [1.82, 2.24) is 25.7 Å². The number of carbonyl (C=O) groups excluding carboxylic acids is 1. The molecule has 0 aromatic carbocycles. The molecular formula is C20H30ClN5O2. The van der Waals surface area contributed by atoms with Gasteiger partial charge in [0.1, 0.15) is 0 Å². The van der Waals surface area contributed by atoms with E-state index in [1.165, 1.54) is 0 Å². The molecule has 28 heavy (non-hydrogen) atoms. The summed E-state index contributed by atoms with van der Waals surface area (Å²) in [6, 6.07) is 1.96. The Morgan fingerprint density at radius 1 is 1.36 bits per heavy atom. The summed E-state index contributed by atoms with van der Waals surface area (Å²) in [4.78, 5) is 20.0. The van der Waals surface area contributed by atoms with Gasteiger partial charge in [0.15, 0.2) is 0 Å². The summed E-state index contributed by atoms with van der Waals surface area (Å²) in [5, 5.41) is 11.4. The summed E-state index contributed by atoms with van der Waals surface area (Å²) in [5.41, 5.74) is 2.99. The van der Waals surface area contributed by atoms with E-state index in [-0.39, 0.29) is 18.3 Å². The molecular weight excluding hydrogens is 378 g/mol. The van der Waals surface area contributed by atoms with Gasteiger partial charge in [-0.3, -0.25) is 4.79 Å². The van der Waals surface area contributed by atoms with Crippen LogP contribution in [0.25, 0.3) is 11.1 Å². The van der Waals surface area contributed by atoms with Gasteiger partial charge in [-0.15, -0.1) is 12.4 Å². The van der Waals surface area contributed by atoms with E-state index in [2.05, 4.69) is 32.6 Å². The smallest absolute Gasteiger partial charge is 0.259 e. The van der Waals surface area contributed by atoms with Crippen molar-refractivity contribution >= 4 is 29.4 Å². The predicted octanol–water partition coefficient (Wildman–Crippen LogP) is 2.50. The number of amides is 1. The minimum Gasteiger partial charge on any atom is -0.352 e. The highest BCUT2D eigenvalue weighted by molar-refractivity contribution is 6.06. The fourth-order valence-corrected chi connectivity index (χ4v) is 3.74. The van der Waals surface area contributed by atoms with Crippen LogP contribution < -0.4 is 10.6 Å². The quantitative estimate of drug-likeness (QED) is 0.654. The summed E-state index contributed by atoms with van der Waals surface area (Å²) in [5.74, 6) is 0.429. The summed E-state index contributed by atoms with van der Waals surface area (Å²) in [6.07, 6.45) is 4.99. The van der Waals surface area contributed by atoms with Crippen LogP contribution in [0.5, 0.6) is 0 Å². The third-order valence-electron chi connectivity index (χ3n) is 5.41. The number of carbonyl (C=O) groups is 1. The maximum Gasteiger partial charge on any atom is 0.259 e. The van der Waals surface area contributed by atoms with Crippen LogP contribution in [0, 0.1) is 0 Å². The summed E-state index contributed by atoms with van der Waals surface area (Å²) < 4.78 is 5.46. The number of aryl methyl sites for hydroxylation is 1. The monoisotopic (exact) mass is 407 g/mol. The molecule has 2 aromatic heterocycles. The van der Waals surface area contributed by atoms with Crippen LogP contribution in [0.4, 0.5) is 0 Å². The van der Waals surface area contributed by atoms with E-state index in [4.69, 9.17) is 4.52 Å². The zero-order valence-corrected chi connectivity index (χ0v) is 17.3. The van der Waals surface area contributed by atoms with Crippen molar-refractivity contribution in [3.05, 3.63) is 23.0 Å². The van der Waals surface area contributed by atoms with E-state index in [9.17, 15) is 4.79 Å². The van der Waals surface area contributed by atoms with Gasteiger partial charge in [-0.05, 0) is 38.3 Å². The molecule has 154 valence electrons. The zero-order chi connectivity index (χ0) is 18.6. The molecule has 4 rings (SSSR count). The first kappa shape index (κ1) is 21.0. The molecule has 0 radical (unpaired) electrons. The lowest BCUT2D eigenvalue weighted by Gasteiger charge is -2.27. The van der Waals surface area contributed by atoms with Crippen molar-refractivity contribution in [2.75, 3.05) is 39.3 Å². The first-order valence-electron chi connectivity index (χ1n) is 10.3. The Hall–Kier alpha value is -1.70. The average Bonchev–Trinajstić information content (AvgIpc) is 3.47. The molecule has 1 saturated carbocycles. The molecule has 7 nitrogen and oxygen atoms in total. The van der Waals surface area contributed by atoms with E-state index in [0.29, 0.717) is 23.7 Å². The number of hydrogen-bond acceptors (Lipinski definition) is 6. The minimum absolute atomic E-state index is 0. The van der Waals surface area contributed by atoms with Gasteiger partial charge in [-0.2, -0.15) is 0 Å². The van der Waals surface area contributed by atoms with Crippen LogP contribution >= 0.6 is 12.4 Å². The lowest BCUT2D eigenvalue weighted by molar-refractivity contribution is 0.0952. The van der Waals surface area contributed by atoms with E-state index < -0.39 is 0 Å². The van der Waals surface area contributed by atoms with Crippen molar-refractivity contribution in [2.45, 2.75) is 44.9 Å². The highest BCUT2D eigenvalue weighted by Gasteiger charge is 2.29. The van der Waals surface area contributed by atoms with Gasteiger partial charge >= 0.3 is 0 Å².